The summed E-state index contributed by atoms with van der Waals surface area (Å²) in [6.07, 6.45) is -0.461. The van der Waals surface area contributed by atoms with E-state index in [0.717, 1.165) is 16.8 Å². The van der Waals surface area contributed by atoms with Gasteiger partial charge in [0, 0.05) is 23.7 Å². The first kappa shape index (κ1) is 11.9. The van der Waals surface area contributed by atoms with Crippen molar-refractivity contribution in [2.45, 2.75) is 20.1 Å². The highest BCUT2D eigenvalue weighted by atomic mass is 16.8. The fraction of sp³-hybridized carbons (Fsp3) is 0.357. The summed E-state index contributed by atoms with van der Waals surface area (Å²) in [6, 6.07) is 9.99. The van der Waals surface area contributed by atoms with Gasteiger partial charge < -0.3 is 9.57 Å². The molecular formula is C14H17NO2. The summed E-state index contributed by atoms with van der Waals surface area (Å²) in [6.45, 7) is 8.22. The molecule has 1 aromatic rings. The number of ether oxygens (including phenoxy) is 1. The maximum Gasteiger partial charge on any atom is 0.249 e. The Morgan fingerprint density at radius 2 is 1.94 bits per heavy atom. The maximum atomic E-state index is 5.31. The maximum absolute atomic E-state index is 5.31. The Morgan fingerprint density at radius 3 is 2.53 bits per heavy atom. The van der Waals surface area contributed by atoms with E-state index >= 15 is 0 Å². The Morgan fingerprint density at radius 1 is 1.29 bits per heavy atom. The fourth-order valence-corrected chi connectivity index (χ4v) is 1.92. The predicted octanol–water partition coefficient (Wildman–Crippen LogP) is 2.98. The molecule has 1 unspecified atom stereocenters. The molecule has 0 bridgehead atoms. The summed E-state index contributed by atoms with van der Waals surface area (Å²) < 4.78 is 5.19. The highest BCUT2D eigenvalue weighted by molar-refractivity contribution is 6.06. The van der Waals surface area contributed by atoms with Crippen LogP contribution in [0.5, 0.6) is 0 Å². The van der Waals surface area contributed by atoms with Crippen molar-refractivity contribution >= 4 is 5.71 Å². The Kier molecular flexibility index (Phi) is 3.03. The SMILES string of the molecule is C=C1C(OC)ON=C(c2ccccc2)C1(C)C. The van der Waals surface area contributed by atoms with Crippen LogP contribution in [0.25, 0.3) is 0 Å². The molecular weight excluding hydrogens is 214 g/mol. The van der Waals surface area contributed by atoms with Crippen LogP contribution in [-0.4, -0.2) is 19.1 Å². The van der Waals surface area contributed by atoms with E-state index in [2.05, 4.69) is 25.6 Å². The molecule has 90 valence electrons. The molecule has 17 heavy (non-hydrogen) atoms. The summed E-state index contributed by atoms with van der Waals surface area (Å²) >= 11 is 0. The minimum Gasteiger partial charge on any atom is -0.359 e. The van der Waals surface area contributed by atoms with Gasteiger partial charge in [-0.2, -0.15) is 0 Å². The number of hydrogen-bond acceptors (Lipinski definition) is 3. The van der Waals surface area contributed by atoms with Gasteiger partial charge in [0.25, 0.3) is 0 Å². The average Bonchev–Trinajstić information content (AvgIpc) is 2.33. The van der Waals surface area contributed by atoms with E-state index in [1.54, 1.807) is 7.11 Å². The van der Waals surface area contributed by atoms with E-state index in [9.17, 15) is 0 Å². The van der Waals surface area contributed by atoms with Crippen LogP contribution < -0.4 is 0 Å². The van der Waals surface area contributed by atoms with Gasteiger partial charge in [0.2, 0.25) is 6.29 Å². The zero-order valence-electron chi connectivity index (χ0n) is 10.4. The van der Waals surface area contributed by atoms with Crippen molar-refractivity contribution in [3.8, 4) is 0 Å². The Bertz CT molecular complexity index is 449. The predicted molar refractivity (Wildman–Crippen MR) is 67.8 cm³/mol. The zero-order valence-corrected chi connectivity index (χ0v) is 10.4. The van der Waals surface area contributed by atoms with Gasteiger partial charge in [-0.25, -0.2) is 0 Å². The molecule has 0 aliphatic carbocycles. The van der Waals surface area contributed by atoms with Crippen LogP contribution in [0.4, 0.5) is 0 Å². The van der Waals surface area contributed by atoms with Crippen molar-refractivity contribution < 1.29 is 9.57 Å². The van der Waals surface area contributed by atoms with Crippen LogP contribution in [0, 0.1) is 5.41 Å². The average molecular weight is 231 g/mol. The molecule has 1 aliphatic rings. The lowest BCUT2D eigenvalue weighted by molar-refractivity contribution is -0.111. The summed E-state index contributed by atoms with van der Waals surface area (Å²) in [7, 11) is 1.59. The van der Waals surface area contributed by atoms with Gasteiger partial charge >= 0.3 is 0 Å². The molecule has 0 amide bonds. The third kappa shape index (κ3) is 1.98. The standard InChI is InChI=1S/C14H17NO2/c1-10-13(16-4)17-15-12(14(10,2)3)11-8-6-5-7-9-11/h5-9,13H,1H2,2-4H3. The first-order chi connectivity index (χ1) is 8.07. The molecule has 2 rings (SSSR count). The topological polar surface area (TPSA) is 30.8 Å². The van der Waals surface area contributed by atoms with Crippen LogP contribution in [0.15, 0.2) is 47.6 Å². The number of oxime groups is 1. The molecule has 1 aromatic carbocycles. The quantitative estimate of drug-likeness (QED) is 0.733. The molecule has 1 atom stereocenters. The van der Waals surface area contributed by atoms with E-state index in [1.807, 2.05) is 30.3 Å². The zero-order chi connectivity index (χ0) is 12.5. The van der Waals surface area contributed by atoms with Crippen LogP contribution in [0.1, 0.15) is 19.4 Å². The summed E-state index contributed by atoms with van der Waals surface area (Å²) in [4.78, 5) is 5.31. The molecule has 1 heterocycles. The first-order valence-electron chi connectivity index (χ1n) is 5.59. The normalized spacial score (nSPS) is 22.9. The number of nitrogens with zero attached hydrogens (tertiary/aromatic N) is 1. The van der Waals surface area contributed by atoms with Crippen LogP contribution in [0.2, 0.25) is 0 Å². The van der Waals surface area contributed by atoms with E-state index in [-0.39, 0.29) is 5.41 Å². The number of methoxy groups -OCH3 is 1. The molecule has 3 heteroatoms. The van der Waals surface area contributed by atoms with Gasteiger partial charge in [0.1, 0.15) is 0 Å². The van der Waals surface area contributed by atoms with Crippen molar-refractivity contribution in [3.63, 3.8) is 0 Å². The molecule has 0 N–H and O–H groups in total. The van der Waals surface area contributed by atoms with Crippen molar-refractivity contribution in [3.05, 3.63) is 48.0 Å². The molecule has 3 nitrogen and oxygen atoms in total. The Hall–Kier alpha value is -1.61. The minimum absolute atomic E-state index is 0.264. The van der Waals surface area contributed by atoms with Crippen molar-refractivity contribution in [1.29, 1.82) is 0 Å². The van der Waals surface area contributed by atoms with Crippen LogP contribution in [-0.2, 0) is 9.57 Å². The number of hydrogen-bond donors (Lipinski definition) is 0. The third-order valence-corrected chi connectivity index (χ3v) is 3.18. The molecule has 0 saturated heterocycles. The van der Waals surface area contributed by atoms with Crippen LogP contribution >= 0.6 is 0 Å². The summed E-state index contributed by atoms with van der Waals surface area (Å²) in [5, 5.41) is 4.19. The molecule has 0 spiro atoms. The Balaban J connectivity index is 2.42. The monoisotopic (exact) mass is 231 g/mol. The lowest BCUT2D eigenvalue weighted by Crippen LogP contribution is -2.38. The van der Waals surface area contributed by atoms with Gasteiger partial charge in [-0.3, -0.25) is 0 Å². The van der Waals surface area contributed by atoms with Gasteiger partial charge in [-0.05, 0) is 0 Å². The summed E-state index contributed by atoms with van der Waals surface area (Å²) in [5.41, 5.74) is 2.55. The van der Waals surface area contributed by atoms with Crippen LogP contribution in [0.3, 0.4) is 0 Å². The molecule has 0 aromatic heterocycles. The smallest absolute Gasteiger partial charge is 0.249 e. The van der Waals surface area contributed by atoms with Gasteiger partial charge in [-0.15, -0.1) is 0 Å². The highest BCUT2D eigenvalue weighted by Gasteiger charge is 2.39. The molecule has 1 aliphatic heterocycles. The number of benzene rings is 1. The molecule has 0 radical (unpaired) electrons. The van der Waals surface area contributed by atoms with Crippen molar-refractivity contribution in [2.24, 2.45) is 10.6 Å². The second kappa shape index (κ2) is 4.34. The summed E-state index contributed by atoms with van der Waals surface area (Å²) in [5.74, 6) is 0. The Labute approximate surface area is 102 Å². The third-order valence-electron chi connectivity index (χ3n) is 3.18. The van der Waals surface area contributed by atoms with Crippen molar-refractivity contribution in [2.75, 3.05) is 7.11 Å². The second-order valence-corrected chi connectivity index (χ2v) is 4.63. The van der Waals surface area contributed by atoms with E-state index in [1.165, 1.54) is 0 Å². The number of rotatable bonds is 2. The first-order valence-corrected chi connectivity index (χ1v) is 5.59. The van der Waals surface area contributed by atoms with E-state index in [4.69, 9.17) is 9.57 Å². The van der Waals surface area contributed by atoms with Gasteiger partial charge in [-0.1, -0.05) is 55.9 Å². The second-order valence-electron chi connectivity index (χ2n) is 4.63. The minimum atomic E-state index is -0.461. The molecule has 0 saturated carbocycles. The molecule has 0 fully saturated rings. The fourth-order valence-electron chi connectivity index (χ4n) is 1.92. The van der Waals surface area contributed by atoms with Gasteiger partial charge in [0.05, 0.1) is 5.71 Å². The lowest BCUT2D eigenvalue weighted by atomic mass is 9.76. The van der Waals surface area contributed by atoms with E-state index in [0.29, 0.717) is 0 Å². The lowest BCUT2D eigenvalue weighted by Gasteiger charge is -2.35. The van der Waals surface area contributed by atoms with Gasteiger partial charge in [0.15, 0.2) is 0 Å². The highest BCUT2D eigenvalue weighted by Crippen LogP contribution is 2.37. The van der Waals surface area contributed by atoms with E-state index < -0.39 is 6.29 Å². The largest absolute Gasteiger partial charge is 0.359 e. The van der Waals surface area contributed by atoms with Crippen molar-refractivity contribution in [1.82, 2.24) is 0 Å².